The molecule has 0 unspecified atom stereocenters. The quantitative estimate of drug-likeness (QED) is 0.757. The summed E-state index contributed by atoms with van der Waals surface area (Å²) in [4.78, 5) is 15.3. The maximum absolute atomic E-state index is 11.1. The number of aromatic nitrogens is 2. The first-order valence-corrected chi connectivity index (χ1v) is 5.59. The fourth-order valence-electron chi connectivity index (χ4n) is 2.10. The second-order valence-corrected chi connectivity index (χ2v) is 4.14. The monoisotopic (exact) mass is 244 g/mol. The summed E-state index contributed by atoms with van der Waals surface area (Å²) in [5.41, 5.74) is 2.12. The summed E-state index contributed by atoms with van der Waals surface area (Å²) in [5, 5.41) is 0. The Morgan fingerprint density at radius 2 is 2.11 bits per heavy atom. The van der Waals surface area contributed by atoms with Gasteiger partial charge >= 0.3 is 0 Å². The Bertz CT molecular complexity index is 631. The van der Waals surface area contributed by atoms with Crippen molar-refractivity contribution in [2.75, 3.05) is 6.79 Å². The third-order valence-electron chi connectivity index (χ3n) is 3.10. The molecule has 5 heteroatoms. The van der Waals surface area contributed by atoms with Crippen LogP contribution in [0.4, 0.5) is 0 Å². The molecule has 2 heterocycles. The number of carbonyl (C=O) groups excluding carboxylic acids is 1. The SMILES string of the molecule is Cc1nc(C=O)c(-c2ccc3c(c2)OCO3)n1C. The number of ether oxygens (including phenoxy) is 2. The van der Waals surface area contributed by atoms with Gasteiger partial charge in [0.15, 0.2) is 17.8 Å². The highest BCUT2D eigenvalue weighted by atomic mass is 16.7. The van der Waals surface area contributed by atoms with Crippen molar-refractivity contribution < 1.29 is 14.3 Å². The van der Waals surface area contributed by atoms with Gasteiger partial charge in [-0.15, -0.1) is 0 Å². The zero-order chi connectivity index (χ0) is 12.7. The lowest BCUT2D eigenvalue weighted by atomic mass is 10.1. The number of carbonyl (C=O) groups is 1. The fourth-order valence-corrected chi connectivity index (χ4v) is 2.10. The van der Waals surface area contributed by atoms with E-state index in [1.54, 1.807) is 0 Å². The molecule has 0 atom stereocenters. The van der Waals surface area contributed by atoms with E-state index in [1.807, 2.05) is 36.7 Å². The van der Waals surface area contributed by atoms with Crippen LogP contribution in [0.2, 0.25) is 0 Å². The molecule has 0 N–H and O–H groups in total. The minimum Gasteiger partial charge on any atom is -0.454 e. The Morgan fingerprint density at radius 3 is 2.89 bits per heavy atom. The molecule has 5 nitrogen and oxygen atoms in total. The smallest absolute Gasteiger partial charge is 0.231 e. The van der Waals surface area contributed by atoms with E-state index in [-0.39, 0.29) is 6.79 Å². The van der Waals surface area contributed by atoms with Crippen LogP contribution in [0.15, 0.2) is 18.2 Å². The number of hydrogen-bond donors (Lipinski definition) is 0. The minimum absolute atomic E-state index is 0.240. The summed E-state index contributed by atoms with van der Waals surface area (Å²) in [6.45, 7) is 2.10. The third kappa shape index (κ3) is 1.48. The van der Waals surface area contributed by atoms with E-state index < -0.39 is 0 Å². The Hall–Kier alpha value is -2.30. The summed E-state index contributed by atoms with van der Waals surface area (Å²) in [7, 11) is 1.88. The molecule has 0 amide bonds. The lowest BCUT2D eigenvalue weighted by molar-refractivity contribution is 0.112. The molecule has 0 fully saturated rings. The first-order chi connectivity index (χ1) is 8.70. The van der Waals surface area contributed by atoms with Gasteiger partial charge in [-0.05, 0) is 25.1 Å². The van der Waals surface area contributed by atoms with E-state index in [1.165, 1.54) is 0 Å². The van der Waals surface area contributed by atoms with Crippen LogP contribution in [-0.2, 0) is 7.05 Å². The Labute approximate surface area is 104 Å². The van der Waals surface area contributed by atoms with Gasteiger partial charge in [-0.2, -0.15) is 0 Å². The van der Waals surface area contributed by atoms with E-state index in [4.69, 9.17) is 9.47 Å². The van der Waals surface area contributed by atoms with Crippen LogP contribution in [0.1, 0.15) is 16.3 Å². The maximum atomic E-state index is 11.1. The molecule has 0 spiro atoms. The zero-order valence-corrected chi connectivity index (χ0v) is 10.1. The van der Waals surface area contributed by atoms with Crippen molar-refractivity contribution in [2.45, 2.75) is 6.92 Å². The highest BCUT2D eigenvalue weighted by molar-refractivity contribution is 5.84. The van der Waals surface area contributed by atoms with Crippen molar-refractivity contribution in [3.8, 4) is 22.8 Å². The van der Waals surface area contributed by atoms with Crippen molar-refractivity contribution in [3.05, 3.63) is 29.7 Å². The Morgan fingerprint density at radius 1 is 1.33 bits per heavy atom. The van der Waals surface area contributed by atoms with E-state index in [0.29, 0.717) is 11.4 Å². The molecule has 0 aliphatic carbocycles. The van der Waals surface area contributed by atoms with Crippen LogP contribution >= 0.6 is 0 Å². The molecule has 18 heavy (non-hydrogen) atoms. The Balaban J connectivity index is 2.18. The lowest BCUT2D eigenvalue weighted by Crippen LogP contribution is -1.95. The van der Waals surface area contributed by atoms with E-state index in [0.717, 1.165) is 29.1 Å². The van der Waals surface area contributed by atoms with E-state index in [2.05, 4.69) is 4.98 Å². The van der Waals surface area contributed by atoms with Gasteiger partial charge in [0.25, 0.3) is 0 Å². The number of fused-ring (bicyclic) bond motifs is 1. The molecule has 92 valence electrons. The van der Waals surface area contributed by atoms with Gasteiger partial charge in [-0.25, -0.2) is 4.98 Å². The molecular weight excluding hydrogens is 232 g/mol. The maximum Gasteiger partial charge on any atom is 0.231 e. The highest BCUT2D eigenvalue weighted by Gasteiger charge is 2.18. The molecular formula is C13H12N2O3. The van der Waals surface area contributed by atoms with Crippen LogP contribution in [0.3, 0.4) is 0 Å². The number of rotatable bonds is 2. The third-order valence-corrected chi connectivity index (χ3v) is 3.10. The summed E-state index contributed by atoms with van der Waals surface area (Å²) >= 11 is 0. The fraction of sp³-hybridized carbons (Fsp3) is 0.231. The molecule has 3 rings (SSSR count). The molecule has 1 aliphatic heterocycles. The number of nitrogens with zero attached hydrogens (tertiary/aromatic N) is 2. The molecule has 0 saturated heterocycles. The van der Waals surface area contributed by atoms with Gasteiger partial charge in [0.05, 0.1) is 5.69 Å². The molecule has 0 saturated carbocycles. The first kappa shape index (κ1) is 10.8. The molecule has 1 aliphatic rings. The number of benzene rings is 1. The van der Waals surface area contributed by atoms with Crippen molar-refractivity contribution in [1.29, 1.82) is 0 Å². The average molecular weight is 244 g/mol. The molecule has 1 aromatic carbocycles. The van der Waals surface area contributed by atoms with Crippen molar-refractivity contribution >= 4 is 6.29 Å². The van der Waals surface area contributed by atoms with Gasteiger partial charge < -0.3 is 14.0 Å². The average Bonchev–Trinajstić information content (AvgIpc) is 2.94. The van der Waals surface area contributed by atoms with Gasteiger partial charge in [0, 0.05) is 12.6 Å². The van der Waals surface area contributed by atoms with Crippen LogP contribution in [0.25, 0.3) is 11.3 Å². The first-order valence-electron chi connectivity index (χ1n) is 5.59. The van der Waals surface area contributed by atoms with Crippen LogP contribution in [0, 0.1) is 6.92 Å². The van der Waals surface area contributed by atoms with Crippen LogP contribution in [0.5, 0.6) is 11.5 Å². The van der Waals surface area contributed by atoms with Crippen molar-refractivity contribution in [1.82, 2.24) is 9.55 Å². The Kier molecular flexibility index (Phi) is 2.33. The summed E-state index contributed by atoms with van der Waals surface area (Å²) in [5.74, 6) is 2.22. The summed E-state index contributed by atoms with van der Waals surface area (Å²) in [6, 6.07) is 5.61. The molecule has 1 aromatic heterocycles. The van der Waals surface area contributed by atoms with Gasteiger partial charge in [-0.3, -0.25) is 4.79 Å². The van der Waals surface area contributed by atoms with Crippen molar-refractivity contribution in [2.24, 2.45) is 7.05 Å². The number of aldehydes is 1. The second kappa shape index (κ2) is 3.87. The highest BCUT2D eigenvalue weighted by Crippen LogP contribution is 2.36. The van der Waals surface area contributed by atoms with Crippen LogP contribution < -0.4 is 9.47 Å². The van der Waals surface area contributed by atoms with Gasteiger partial charge in [0.1, 0.15) is 11.5 Å². The van der Waals surface area contributed by atoms with Gasteiger partial charge in [-0.1, -0.05) is 0 Å². The topological polar surface area (TPSA) is 53.4 Å². The molecule has 0 bridgehead atoms. The molecule has 2 aromatic rings. The number of aryl methyl sites for hydroxylation is 1. The van der Waals surface area contributed by atoms with E-state index in [9.17, 15) is 4.79 Å². The number of imidazole rings is 1. The summed E-state index contributed by atoms with van der Waals surface area (Å²) in [6.07, 6.45) is 0.771. The van der Waals surface area contributed by atoms with Crippen LogP contribution in [-0.4, -0.2) is 22.6 Å². The zero-order valence-electron chi connectivity index (χ0n) is 10.1. The standard InChI is InChI=1S/C13H12N2O3/c1-8-14-10(6-16)13(15(8)2)9-3-4-11-12(5-9)18-7-17-11/h3-6H,7H2,1-2H3. The minimum atomic E-state index is 0.240. The number of hydrogen-bond acceptors (Lipinski definition) is 4. The summed E-state index contributed by atoms with van der Waals surface area (Å²) < 4.78 is 12.5. The van der Waals surface area contributed by atoms with Crippen molar-refractivity contribution in [3.63, 3.8) is 0 Å². The lowest BCUT2D eigenvalue weighted by Gasteiger charge is -2.06. The largest absolute Gasteiger partial charge is 0.454 e. The predicted molar refractivity (Wildman–Crippen MR) is 64.9 cm³/mol. The van der Waals surface area contributed by atoms with Gasteiger partial charge in [0.2, 0.25) is 6.79 Å². The normalized spacial score (nSPS) is 12.8. The second-order valence-electron chi connectivity index (χ2n) is 4.14. The van der Waals surface area contributed by atoms with E-state index >= 15 is 0 Å². The molecule has 0 radical (unpaired) electrons. The predicted octanol–water partition coefficient (Wildman–Crippen LogP) is 1.94.